The Balaban J connectivity index is 1.48. The van der Waals surface area contributed by atoms with Gasteiger partial charge >= 0.3 is 0 Å². The molecule has 1 aliphatic heterocycles. The lowest BCUT2D eigenvalue weighted by Crippen LogP contribution is -2.40. The molecule has 0 unspecified atom stereocenters. The molecule has 0 bridgehead atoms. The average molecular weight is 405 g/mol. The van der Waals surface area contributed by atoms with Crippen LogP contribution < -0.4 is 5.32 Å². The van der Waals surface area contributed by atoms with Crippen molar-refractivity contribution in [2.75, 3.05) is 33.2 Å². The number of nitrogens with one attached hydrogen (secondary N) is 1. The predicted octanol–water partition coefficient (Wildman–Crippen LogP) is 3.22. The number of thiophene rings is 2. The van der Waals surface area contributed by atoms with Crippen molar-refractivity contribution in [3.8, 4) is 0 Å². The maximum atomic E-state index is 12.5. The Morgan fingerprint density at radius 3 is 3.00 bits per heavy atom. The molecule has 0 radical (unpaired) electrons. The molecule has 0 aliphatic carbocycles. The number of hydrogen-bond donors (Lipinski definition) is 1. The highest BCUT2D eigenvalue weighted by Gasteiger charge is 2.21. The van der Waals surface area contributed by atoms with Crippen LogP contribution in [0.4, 0.5) is 0 Å². The fraction of sp³-hybridized carbons (Fsp3) is 0.500. The number of likely N-dealkylation sites (N-methyl/N-ethyl adjacent to an activating group) is 1. The van der Waals surface area contributed by atoms with Crippen molar-refractivity contribution in [2.45, 2.75) is 32.7 Å². The second-order valence-corrected chi connectivity index (χ2v) is 8.70. The first-order chi connectivity index (χ1) is 13.2. The molecule has 1 amide bonds. The molecule has 0 saturated carbocycles. The molecule has 146 valence electrons. The number of amides is 1. The minimum Gasteiger partial charge on any atom is -0.357 e. The first-order valence-corrected chi connectivity index (χ1v) is 11.3. The third-order valence-corrected chi connectivity index (χ3v) is 6.68. The molecule has 2 aromatic heterocycles. The van der Waals surface area contributed by atoms with Gasteiger partial charge in [0.2, 0.25) is 5.91 Å². The zero-order valence-corrected chi connectivity index (χ0v) is 17.7. The summed E-state index contributed by atoms with van der Waals surface area (Å²) in [6.07, 6.45) is 2.46. The van der Waals surface area contributed by atoms with E-state index < -0.39 is 0 Å². The molecule has 3 heterocycles. The second kappa shape index (κ2) is 9.90. The maximum Gasteiger partial charge on any atom is 0.224 e. The van der Waals surface area contributed by atoms with Crippen LogP contribution in [0.15, 0.2) is 34.0 Å². The van der Waals surface area contributed by atoms with Crippen molar-refractivity contribution in [1.82, 2.24) is 15.1 Å². The fourth-order valence-corrected chi connectivity index (χ4v) is 4.77. The highest BCUT2D eigenvalue weighted by Crippen LogP contribution is 2.24. The summed E-state index contributed by atoms with van der Waals surface area (Å²) in [5.74, 6) is 1.08. The topological polar surface area (TPSA) is 47.9 Å². The van der Waals surface area contributed by atoms with Crippen LogP contribution in [0.3, 0.4) is 0 Å². The van der Waals surface area contributed by atoms with E-state index in [-0.39, 0.29) is 5.91 Å². The molecule has 1 N–H and O–H groups in total. The van der Waals surface area contributed by atoms with Gasteiger partial charge in [0.05, 0.1) is 6.54 Å². The summed E-state index contributed by atoms with van der Waals surface area (Å²) < 4.78 is 0. The quantitative estimate of drug-likeness (QED) is 0.569. The van der Waals surface area contributed by atoms with E-state index in [4.69, 9.17) is 0 Å². The Hall–Kier alpha value is -1.86. The summed E-state index contributed by atoms with van der Waals surface area (Å²) in [5, 5.41) is 7.56. The monoisotopic (exact) mass is 404 g/mol. The third kappa shape index (κ3) is 5.56. The van der Waals surface area contributed by atoms with E-state index in [1.54, 1.807) is 22.7 Å². The van der Waals surface area contributed by atoms with Gasteiger partial charge in [0.25, 0.3) is 0 Å². The normalized spacial score (nSPS) is 14.1. The largest absolute Gasteiger partial charge is 0.357 e. The zero-order chi connectivity index (χ0) is 19.1. The number of fused-ring (bicyclic) bond motifs is 1. The lowest BCUT2D eigenvalue weighted by atomic mass is 10.1. The Labute approximate surface area is 169 Å². The summed E-state index contributed by atoms with van der Waals surface area (Å²) in [5.41, 5.74) is 1.31. The van der Waals surface area contributed by atoms with Crippen LogP contribution in [0.2, 0.25) is 0 Å². The molecule has 0 aromatic carbocycles. The molecule has 5 nitrogen and oxygen atoms in total. The van der Waals surface area contributed by atoms with Gasteiger partial charge in [0.1, 0.15) is 0 Å². The number of carbonyl (C=O) groups is 1. The van der Waals surface area contributed by atoms with Crippen molar-refractivity contribution >= 4 is 34.5 Å². The molecule has 0 atom stereocenters. The van der Waals surface area contributed by atoms with Crippen LogP contribution in [0.5, 0.6) is 0 Å². The lowest BCUT2D eigenvalue weighted by molar-refractivity contribution is -0.131. The lowest BCUT2D eigenvalue weighted by Gasteiger charge is -2.27. The molecule has 7 heteroatoms. The zero-order valence-electron chi connectivity index (χ0n) is 16.1. The molecule has 0 saturated heterocycles. The standard InChI is InChI=1S/C20H28N4OS2/c1-3-21-20(23(2)11-7-17-5-4-13-26-17)22-10-6-19(25)24-12-8-18-16(15-24)9-14-27-18/h4-5,9,13-14H,3,6-8,10-12,15H2,1-2H3,(H,21,22). The Morgan fingerprint density at radius 2 is 2.22 bits per heavy atom. The molecule has 27 heavy (non-hydrogen) atoms. The molecule has 0 spiro atoms. The first-order valence-electron chi connectivity index (χ1n) is 9.52. The minimum absolute atomic E-state index is 0.202. The van der Waals surface area contributed by atoms with E-state index in [0.717, 1.165) is 45.0 Å². The van der Waals surface area contributed by atoms with Gasteiger partial charge in [-0.25, -0.2) is 0 Å². The summed E-state index contributed by atoms with van der Waals surface area (Å²) in [6, 6.07) is 6.40. The number of carbonyl (C=O) groups excluding carboxylic acids is 1. The van der Waals surface area contributed by atoms with Crippen LogP contribution in [0.1, 0.15) is 28.7 Å². The summed E-state index contributed by atoms with van der Waals surface area (Å²) in [6.45, 7) is 5.91. The van der Waals surface area contributed by atoms with Crippen molar-refractivity contribution < 1.29 is 4.79 Å². The summed E-state index contributed by atoms with van der Waals surface area (Å²) in [7, 11) is 2.06. The van der Waals surface area contributed by atoms with E-state index in [9.17, 15) is 4.79 Å². The van der Waals surface area contributed by atoms with E-state index in [1.807, 2.05) is 4.90 Å². The predicted molar refractivity (Wildman–Crippen MR) is 115 cm³/mol. The van der Waals surface area contributed by atoms with Crippen LogP contribution in [0, 0.1) is 0 Å². The Morgan fingerprint density at radius 1 is 1.33 bits per heavy atom. The highest BCUT2D eigenvalue weighted by atomic mass is 32.1. The molecular formula is C20H28N4OS2. The van der Waals surface area contributed by atoms with Crippen LogP contribution in [-0.2, 0) is 24.2 Å². The SMILES string of the molecule is CCNC(=NCCC(=O)N1CCc2sccc2C1)N(C)CCc1cccs1. The van der Waals surface area contributed by atoms with Crippen molar-refractivity contribution in [3.05, 3.63) is 44.3 Å². The minimum atomic E-state index is 0.202. The fourth-order valence-electron chi connectivity index (χ4n) is 3.19. The van der Waals surface area contributed by atoms with E-state index in [0.29, 0.717) is 13.0 Å². The van der Waals surface area contributed by atoms with Gasteiger partial charge in [-0.05, 0) is 48.2 Å². The van der Waals surface area contributed by atoms with E-state index in [2.05, 4.69) is 58.1 Å². The Bertz CT molecular complexity index is 754. The number of aliphatic imine (C=N–C) groups is 1. The number of hydrogen-bond acceptors (Lipinski definition) is 4. The summed E-state index contributed by atoms with van der Waals surface area (Å²) in [4.78, 5) is 24.1. The van der Waals surface area contributed by atoms with Gasteiger partial charge in [-0.2, -0.15) is 0 Å². The Kier molecular flexibility index (Phi) is 7.29. The maximum absolute atomic E-state index is 12.5. The number of rotatable bonds is 7. The number of nitrogens with zero attached hydrogens (tertiary/aromatic N) is 3. The van der Waals surface area contributed by atoms with Crippen molar-refractivity contribution in [1.29, 1.82) is 0 Å². The first kappa shape index (κ1) is 19.9. The van der Waals surface area contributed by atoms with Gasteiger partial charge < -0.3 is 15.1 Å². The average Bonchev–Trinajstić information content (AvgIpc) is 3.36. The van der Waals surface area contributed by atoms with Gasteiger partial charge in [-0.3, -0.25) is 9.79 Å². The van der Waals surface area contributed by atoms with Crippen molar-refractivity contribution in [2.24, 2.45) is 4.99 Å². The highest BCUT2D eigenvalue weighted by molar-refractivity contribution is 7.10. The van der Waals surface area contributed by atoms with Crippen LogP contribution >= 0.6 is 22.7 Å². The third-order valence-electron chi connectivity index (χ3n) is 4.72. The van der Waals surface area contributed by atoms with Gasteiger partial charge in [0, 0.05) is 49.4 Å². The molecule has 0 fully saturated rings. The van der Waals surface area contributed by atoms with Gasteiger partial charge in [-0.1, -0.05) is 6.07 Å². The van der Waals surface area contributed by atoms with E-state index >= 15 is 0 Å². The summed E-state index contributed by atoms with van der Waals surface area (Å²) >= 11 is 3.59. The molecule has 3 rings (SSSR count). The second-order valence-electron chi connectivity index (χ2n) is 6.67. The van der Waals surface area contributed by atoms with Gasteiger partial charge in [-0.15, -0.1) is 22.7 Å². The smallest absolute Gasteiger partial charge is 0.224 e. The van der Waals surface area contributed by atoms with Crippen LogP contribution in [0.25, 0.3) is 0 Å². The molecular weight excluding hydrogens is 376 g/mol. The molecule has 1 aliphatic rings. The van der Waals surface area contributed by atoms with E-state index in [1.165, 1.54) is 15.3 Å². The molecule has 2 aromatic rings. The van der Waals surface area contributed by atoms with Crippen molar-refractivity contribution in [3.63, 3.8) is 0 Å². The van der Waals surface area contributed by atoms with Crippen LogP contribution in [-0.4, -0.2) is 54.9 Å². The van der Waals surface area contributed by atoms with Gasteiger partial charge in [0.15, 0.2) is 5.96 Å². The number of guanidine groups is 1.